The molecule has 0 unspecified atom stereocenters. The van der Waals surface area contributed by atoms with E-state index in [-0.39, 0.29) is 5.91 Å². The molecular formula is C9H8NO. The summed E-state index contributed by atoms with van der Waals surface area (Å²) in [5.74, 6) is -0.295. The molecule has 1 aromatic rings. The van der Waals surface area contributed by atoms with Gasteiger partial charge in [0.1, 0.15) is 0 Å². The maximum atomic E-state index is 10.7. The second-order valence-corrected chi connectivity index (χ2v) is 2.02. The van der Waals surface area contributed by atoms with E-state index in [1.165, 1.54) is 0 Å². The third kappa shape index (κ3) is 2.26. The first-order chi connectivity index (χ1) is 5.33. The summed E-state index contributed by atoms with van der Waals surface area (Å²) in [6, 6.07) is 9.14. The Hall–Kier alpha value is -1.57. The number of nitrogens with one attached hydrogen (secondary N) is 1. The zero-order valence-electron chi connectivity index (χ0n) is 5.95. The second-order valence-electron chi connectivity index (χ2n) is 2.02. The summed E-state index contributed by atoms with van der Waals surface area (Å²) in [7, 11) is 0. The molecule has 1 radical (unpaired) electrons. The highest BCUT2D eigenvalue weighted by Crippen LogP contribution is 2.03. The summed E-state index contributed by atoms with van der Waals surface area (Å²) in [5, 5.41) is 2.57. The van der Waals surface area contributed by atoms with Gasteiger partial charge in [-0.3, -0.25) is 4.79 Å². The van der Waals surface area contributed by atoms with Gasteiger partial charge in [0.2, 0.25) is 5.91 Å². The number of carbonyl (C=O) groups excluding carboxylic acids is 1. The maximum absolute atomic E-state index is 10.7. The molecule has 0 spiro atoms. The predicted molar refractivity (Wildman–Crippen MR) is 43.9 cm³/mol. The molecule has 0 aliphatic heterocycles. The molecule has 0 aromatic heterocycles. The Labute approximate surface area is 65.5 Å². The van der Waals surface area contributed by atoms with Gasteiger partial charge >= 0.3 is 0 Å². The number of carbonyl (C=O) groups is 1. The van der Waals surface area contributed by atoms with Crippen molar-refractivity contribution in [2.24, 2.45) is 0 Å². The number of hydrogen-bond acceptors (Lipinski definition) is 1. The van der Waals surface area contributed by atoms with E-state index in [4.69, 9.17) is 6.58 Å². The smallest absolute Gasteiger partial charge is 0.248 e. The predicted octanol–water partition coefficient (Wildman–Crippen LogP) is 1.61. The monoisotopic (exact) mass is 146 g/mol. The molecule has 0 aliphatic carbocycles. The van der Waals surface area contributed by atoms with Gasteiger partial charge in [-0.2, -0.15) is 0 Å². The van der Waals surface area contributed by atoms with Crippen molar-refractivity contribution in [3.63, 3.8) is 0 Å². The van der Waals surface area contributed by atoms with Crippen molar-refractivity contribution in [2.45, 2.75) is 0 Å². The van der Waals surface area contributed by atoms with Crippen LogP contribution in [0.1, 0.15) is 0 Å². The Balaban J connectivity index is 2.65. The van der Waals surface area contributed by atoms with Crippen LogP contribution in [0.25, 0.3) is 0 Å². The SMILES string of the molecule is [CH]=CC(=O)Nc1ccccc1. The van der Waals surface area contributed by atoms with E-state index in [2.05, 4.69) is 5.32 Å². The average Bonchev–Trinajstić information content (AvgIpc) is 2.06. The number of rotatable bonds is 2. The fraction of sp³-hybridized carbons (Fsp3) is 0. The first kappa shape index (κ1) is 7.54. The van der Waals surface area contributed by atoms with Crippen molar-refractivity contribution in [1.82, 2.24) is 0 Å². The quantitative estimate of drug-likeness (QED) is 0.631. The molecule has 1 aromatic carbocycles. The first-order valence-electron chi connectivity index (χ1n) is 3.24. The summed E-state index contributed by atoms with van der Waals surface area (Å²) in [4.78, 5) is 10.7. The average molecular weight is 146 g/mol. The van der Waals surface area contributed by atoms with Gasteiger partial charge in [-0.15, -0.1) is 0 Å². The zero-order chi connectivity index (χ0) is 8.10. The van der Waals surface area contributed by atoms with Crippen LogP contribution in [0, 0.1) is 6.58 Å². The highest BCUT2D eigenvalue weighted by Gasteiger charge is 1.92. The molecule has 0 heterocycles. The molecule has 1 N–H and O–H groups in total. The molecule has 1 rings (SSSR count). The molecule has 55 valence electrons. The van der Waals surface area contributed by atoms with Crippen molar-refractivity contribution in [3.8, 4) is 0 Å². The molecule has 0 saturated carbocycles. The van der Waals surface area contributed by atoms with Crippen LogP contribution in [0.2, 0.25) is 0 Å². The third-order valence-corrected chi connectivity index (χ3v) is 1.19. The molecule has 0 saturated heterocycles. The van der Waals surface area contributed by atoms with Gasteiger partial charge in [0.25, 0.3) is 0 Å². The van der Waals surface area contributed by atoms with Crippen LogP contribution >= 0.6 is 0 Å². The lowest BCUT2D eigenvalue weighted by Crippen LogP contribution is -2.06. The first-order valence-corrected chi connectivity index (χ1v) is 3.24. The number of anilines is 1. The second kappa shape index (κ2) is 3.56. The highest BCUT2D eigenvalue weighted by atomic mass is 16.1. The lowest BCUT2D eigenvalue weighted by atomic mass is 10.3. The van der Waals surface area contributed by atoms with Crippen LogP contribution in [-0.2, 0) is 4.79 Å². The topological polar surface area (TPSA) is 29.1 Å². The standard InChI is InChI=1S/C9H8NO/c1-2-9(11)10-8-6-4-3-5-7-8/h1-7H,(H,10,11). The van der Waals surface area contributed by atoms with Gasteiger partial charge in [0.05, 0.1) is 0 Å². The van der Waals surface area contributed by atoms with Gasteiger partial charge in [0, 0.05) is 11.8 Å². The zero-order valence-corrected chi connectivity index (χ0v) is 5.95. The van der Waals surface area contributed by atoms with Crippen molar-refractivity contribution < 1.29 is 4.79 Å². The van der Waals surface area contributed by atoms with Gasteiger partial charge in [-0.25, -0.2) is 0 Å². The Kier molecular flexibility index (Phi) is 2.44. The fourth-order valence-electron chi connectivity index (χ4n) is 0.705. The van der Waals surface area contributed by atoms with E-state index in [0.717, 1.165) is 11.8 Å². The molecule has 1 amide bonds. The van der Waals surface area contributed by atoms with Gasteiger partial charge < -0.3 is 5.32 Å². The van der Waals surface area contributed by atoms with Crippen molar-refractivity contribution in [2.75, 3.05) is 5.32 Å². The van der Waals surface area contributed by atoms with Gasteiger partial charge in [-0.1, -0.05) is 24.8 Å². The van der Waals surface area contributed by atoms with E-state index in [1.54, 1.807) is 12.1 Å². The highest BCUT2D eigenvalue weighted by molar-refractivity contribution is 5.98. The lowest BCUT2D eigenvalue weighted by Gasteiger charge is -1.98. The number of hydrogen-bond donors (Lipinski definition) is 1. The molecule has 0 atom stereocenters. The Morgan fingerprint density at radius 2 is 2.00 bits per heavy atom. The number of para-hydroxylation sites is 1. The summed E-state index contributed by atoms with van der Waals surface area (Å²) in [5.41, 5.74) is 0.749. The van der Waals surface area contributed by atoms with E-state index in [1.807, 2.05) is 18.2 Å². The van der Waals surface area contributed by atoms with Crippen LogP contribution in [0.15, 0.2) is 36.4 Å². The largest absolute Gasteiger partial charge is 0.323 e. The van der Waals surface area contributed by atoms with Crippen LogP contribution < -0.4 is 5.32 Å². The van der Waals surface area contributed by atoms with Crippen LogP contribution in [0.4, 0.5) is 5.69 Å². The van der Waals surface area contributed by atoms with Gasteiger partial charge in [-0.05, 0) is 12.1 Å². The molecule has 0 aliphatic rings. The van der Waals surface area contributed by atoms with Gasteiger partial charge in [0.15, 0.2) is 0 Å². The number of amides is 1. The minimum absolute atomic E-state index is 0.295. The normalized spacial score (nSPS) is 8.73. The summed E-state index contributed by atoms with van der Waals surface area (Å²) in [6.45, 7) is 4.98. The minimum atomic E-state index is -0.295. The van der Waals surface area contributed by atoms with E-state index in [9.17, 15) is 4.79 Å². The van der Waals surface area contributed by atoms with Crippen LogP contribution in [0.3, 0.4) is 0 Å². The Morgan fingerprint density at radius 3 is 2.55 bits per heavy atom. The van der Waals surface area contributed by atoms with E-state index in [0.29, 0.717) is 0 Å². The Bertz CT molecular complexity index is 254. The Morgan fingerprint density at radius 1 is 1.36 bits per heavy atom. The third-order valence-electron chi connectivity index (χ3n) is 1.19. The van der Waals surface area contributed by atoms with E-state index >= 15 is 0 Å². The summed E-state index contributed by atoms with van der Waals surface area (Å²) in [6.07, 6.45) is 0.993. The van der Waals surface area contributed by atoms with Crippen molar-refractivity contribution in [1.29, 1.82) is 0 Å². The van der Waals surface area contributed by atoms with Crippen LogP contribution in [-0.4, -0.2) is 5.91 Å². The molecule has 2 heteroatoms. The van der Waals surface area contributed by atoms with Crippen molar-refractivity contribution in [3.05, 3.63) is 43.0 Å². The molecule has 0 fully saturated rings. The lowest BCUT2D eigenvalue weighted by molar-refractivity contribution is -0.111. The fourth-order valence-corrected chi connectivity index (χ4v) is 0.705. The summed E-state index contributed by atoms with van der Waals surface area (Å²) < 4.78 is 0. The minimum Gasteiger partial charge on any atom is -0.323 e. The molecule has 0 bridgehead atoms. The van der Waals surface area contributed by atoms with E-state index < -0.39 is 0 Å². The number of benzene rings is 1. The van der Waals surface area contributed by atoms with Crippen molar-refractivity contribution >= 4 is 11.6 Å². The molecule has 11 heavy (non-hydrogen) atoms. The maximum Gasteiger partial charge on any atom is 0.248 e. The molecular weight excluding hydrogens is 138 g/mol. The summed E-state index contributed by atoms with van der Waals surface area (Å²) >= 11 is 0. The molecule has 2 nitrogen and oxygen atoms in total. The van der Waals surface area contributed by atoms with Crippen LogP contribution in [0.5, 0.6) is 0 Å².